The summed E-state index contributed by atoms with van der Waals surface area (Å²) in [6.45, 7) is 0. The molecule has 4 N–H and O–H groups in total. The number of allylic oxidation sites excluding steroid dienone is 1. The Balaban J connectivity index is 1.96. The lowest BCUT2D eigenvalue weighted by Crippen LogP contribution is -2.21. The molecule has 134 valence electrons. The summed E-state index contributed by atoms with van der Waals surface area (Å²) in [5.74, 6) is 0.137. The zero-order valence-electron chi connectivity index (χ0n) is 14.4. The second kappa shape index (κ2) is 6.42. The molecule has 0 aliphatic carbocycles. The second-order valence-electron chi connectivity index (χ2n) is 6.04. The van der Waals surface area contributed by atoms with E-state index < -0.39 is 5.92 Å². The molecule has 0 radical (unpaired) electrons. The van der Waals surface area contributed by atoms with Gasteiger partial charge in [0.05, 0.1) is 24.3 Å². The van der Waals surface area contributed by atoms with E-state index in [4.69, 9.17) is 15.2 Å². The Bertz CT molecular complexity index is 1080. The number of aromatic nitrogens is 2. The van der Waals surface area contributed by atoms with E-state index in [1.807, 2.05) is 30.3 Å². The molecule has 3 aromatic rings. The summed E-state index contributed by atoms with van der Waals surface area (Å²) in [6.07, 6.45) is 0. The van der Waals surface area contributed by atoms with Crippen LogP contribution in [0.5, 0.6) is 17.4 Å². The number of aromatic amines is 1. The number of rotatable bonds is 3. The third-order valence-corrected chi connectivity index (χ3v) is 4.54. The standard InChI is InChI=1S/C20H16N4O3/c1-26-15-9-12(7-8-14(15)25)16-13(10-21)19(22)27-20-17(16)18(23-24-20)11-5-3-2-4-6-11/h2-9,16,25H,22H2,1H3,(H,23,24). The number of hydrogen-bond acceptors (Lipinski definition) is 6. The van der Waals surface area contributed by atoms with Gasteiger partial charge in [0.1, 0.15) is 11.6 Å². The van der Waals surface area contributed by atoms with Gasteiger partial charge in [-0.15, -0.1) is 5.10 Å². The van der Waals surface area contributed by atoms with E-state index in [0.717, 1.165) is 16.8 Å². The van der Waals surface area contributed by atoms with Crippen LogP contribution in [-0.4, -0.2) is 22.4 Å². The highest BCUT2D eigenvalue weighted by Crippen LogP contribution is 2.46. The molecule has 0 spiro atoms. The number of ether oxygens (including phenoxy) is 2. The lowest BCUT2D eigenvalue weighted by Gasteiger charge is -2.24. The highest BCUT2D eigenvalue weighted by atomic mass is 16.5. The minimum atomic E-state index is -0.512. The lowest BCUT2D eigenvalue weighted by atomic mass is 9.83. The van der Waals surface area contributed by atoms with Crippen molar-refractivity contribution in [3.05, 3.63) is 71.1 Å². The molecule has 1 aliphatic rings. The molecule has 2 heterocycles. The first-order valence-electron chi connectivity index (χ1n) is 8.22. The highest BCUT2D eigenvalue weighted by Gasteiger charge is 2.35. The van der Waals surface area contributed by atoms with Crippen LogP contribution in [0.1, 0.15) is 17.0 Å². The van der Waals surface area contributed by atoms with Gasteiger partial charge in [0.2, 0.25) is 11.8 Å². The number of phenols is 1. The molecule has 0 fully saturated rings. The average Bonchev–Trinajstić information content (AvgIpc) is 3.11. The summed E-state index contributed by atoms with van der Waals surface area (Å²) in [7, 11) is 1.47. The largest absolute Gasteiger partial charge is 0.504 e. The molecule has 0 saturated carbocycles. The maximum absolute atomic E-state index is 9.93. The van der Waals surface area contributed by atoms with Crippen LogP contribution in [0.25, 0.3) is 11.3 Å². The molecule has 1 atom stereocenters. The van der Waals surface area contributed by atoms with E-state index in [-0.39, 0.29) is 17.2 Å². The van der Waals surface area contributed by atoms with E-state index in [0.29, 0.717) is 17.2 Å². The Morgan fingerprint density at radius 3 is 2.74 bits per heavy atom. The van der Waals surface area contributed by atoms with Gasteiger partial charge in [-0.1, -0.05) is 36.4 Å². The molecule has 0 saturated heterocycles. The number of benzene rings is 2. The highest BCUT2D eigenvalue weighted by molar-refractivity contribution is 5.71. The van der Waals surface area contributed by atoms with E-state index in [9.17, 15) is 10.4 Å². The molecular weight excluding hydrogens is 344 g/mol. The molecule has 0 amide bonds. The van der Waals surface area contributed by atoms with Gasteiger partial charge >= 0.3 is 0 Å². The van der Waals surface area contributed by atoms with Crippen molar-refractivity contribution in [3.8, 4) is 34.7 Å². The molecule has 7 nitrogen and oxygen atoms in total. The molecular formula is C20H16N4O3. The predicted octanol–water partition coefficient (Wildman–Crippen LogP) is 3.01. The smallest absolute Gasteiger partial charge is 0.244 e. The quantitative estimate of drug-likeness (QED) is 0.661. The number of H-pyrrole nitrogens is 1. The normalized spacial score (nSPS) is 15.6. The number of nitrogens with one attached hydrogen (secondary N) is 1. The number of nitriles is 1. The molecule has 4 rings (SSSR count). The Hall–Kier alpha value is -3.92. The molecule has 7 heteroatoms. The maximum Gasteiger partial charge on any atom is 0.244 e. The van der Waals surface area contributed by atoms with Crippen molar-refractivity contribution in [1.82, 2.24) is 10.2 Å². The van der Waals surface area contributed by atoms with Gasteiger partial charge in [0.25, 0.3) is 0 Å². The fourth-order valence-electron chi connectivity index (χ4n) is 3.28. The number of nitrogens with zero attached hydrogens (tertiary/aromatic N) is 2. The van der Waals surface area contributed by atoms with Crippen LogP contribution in [0.15, 0.2) is 60.0 Å². The van der Waals surface area contributed by atoms with Gasteiger partial charge < -0.3 is 20.3 Å². The van der Waals surface area contributed by atoms with Gasteiger partial charge in [-0.3, -0.25) is 5.10 Å². The predicted molar refractivity (Wildman–Crippen MR) is 98.0 cm³/mol. The fourth-order valence-corrected chi connectivity index (χ4v) is 3.28. The van der Waals surface area contributed by atoms with Crippen LogP contribution in [0.2, 0.25) is 0 Å². The summed E-state index contributed by atoms with van der Waals surface area (Å²) in [5, 5.41) is 26.9. The van der Waals surface area contributed by atoms with Crippen LogP contribution in [-0.2, 0) is 0 Å². The van der Waals surface area contributed by atoms with Crippen LogP contribution in [0.4, 0.5) is 0 Å². The van der Waals surface area contributed by atoms with Crippen molar-refractivity contribution in [2.75, 3.05) is 7.11 Å². The molecule has 0 bridgehead atoms. The number of fused-ring (bicyclic) bond motifs is 1. The lowest BCUT2D eigenvalue weighted by molar-refractivity contribution is 0.371. The first-order valence-corrected chi connectivity index (χ1v) is 8.22. The SMILES string of the molecule is COc1cc(C2C(C#N)=C(N)Oc3n[nH]c(-c4ccccc4)c32)ccc1O. The van der Waals surface area contributed by atoms with Crippen molar-refractivity contribution < 1.29 is 14.6 Å². The van der Waals surface area contributed by atoms with Crippen LogP contribution in [0, 0.1) is 11.3 Å². The van der Waals surface area contributed by atoms with Crippen molar-refractivity contribution in [2.45, 2.75) is 5.92 Å². The zero-order chi connectivity index (χ0) is 19.0. The monoisotopic (exact) mass is 360 g/mol. The molecule has 1 aliphatic heterocycles. The van der Waals surface area contributed by atoms with Crippen LogP contribution >= 0.6 is 0 Å². The Morgan fingerprint density at radius 1 is 1.26 bits per heavy atom. The van der Waals surface area contributed by atoms with Gasteiger partial charge in [-0.25, -0.2) is 0 Å². The number of phenolic OH excluding ortho intramolecular Hbond substituents is 1. The third kappa shape index (κ3) is 2.64. The van der Waals surface area contributed by atoms with Crippen molar-refractivity contribution >= 4 is 0 Å². The minimum Gasteiger partial charge on any atom is -0.504 e. The molecule has 1 unspecified atom stereocenters. The van der Waals surface area contributed by atoms with Gasteiger partial charge in [-0.05, 0) is 23.3 Å². The summed E-state index contributed by atoms with van der Waals surface area (Å²) >= 11 is 0. The van der Waals surface area contributed by atoms with E-state index in [1.165, 1.54) is 13.2 Å². The minimum absolute atomic E-state index is 0.00755. The second-order valence-corrected chi connectivity index (χ2v) is 6.04. The third-order valence-electron chi connectivity index (χ3n) is 4.54. The molecule has 2 aromatic carbocycles. The average molecular weight is 360 g/mol. The number of methoxy groups -OCH3 is 1. The number of aromatic hydroxyl groups is 1. The molecule has 1 aromatic heterocycles. The van der Waals surface area contributed by atoms with Crippen molar-refractivity contribution in [3.63, 3.8) is 0 Å². The van der Waals surface area contributed by atoms with E-state index >= 15 is 0 Å². The van der Waals surface area contributed by atoms with Gasteiger partial charge in [-0.2, -0.15) is 5.26 Å². The molecule has 27 heavy (non-hydrogen) atoms. The Morgan fingerprint density at radius 2 is 2.04 bits per heavy atom. The Kier molecular flexibility index (Phi) is 3.94. The van der Waals surface area contributed by atoms with Crippen molar-refractivity contribution in [1.29, 1.82) is 5.26 Å². The topological polar surface area (TPSA) is 117 Å². The Labute approximate surface area is 155 Å². The summed E-state index contributed by atoms with van der Waals surface area (Å²) < 4.78 is 10.8. The first-order chi connectivity index (χ1) is 13.1. The van der Waals surface area contributed by atoms with Gasteiger partial charge in [0, 0.05) is 0 Å². The van der Waals surface area contributed by atoms with E-state index in [1.54, 1.807) is 12.1 Å². The maximum atomic E-state index is 9.93. The van der Waals surface area contributed by atoms with Gasteiger partial charge in [0.15, 0.2) is 11.5 Å². The summed E-state index contributed by atoms with van der Waals surface area (Å²) in [5.41, 5.74) is 9.33. The fraction of sp³-hybridized carbons (Fsp3) is 0.100. The van der Waals surface area contributed by atoms with E-state index in [2.05, 4.69) is 16.3 Å². The van der Waals surface area contributed by atoms with Crippen molar-refractivity contribution in [2.24, 2.45) is 5.73 Å². The number of nitrogens with two attached hydrogens (primary N) is 1. The summed E-state index contributed by atoms with van der Waals surface area (Å²) in [4.78, 5) is 0. The zero-order valence-corrected chi connectivity index (χ0v) is 14.4. The van der Waals surface area contributed by atoms with Crippen LogP contribution < -0.4 is 15.2 Å². The first kappa shape index (κ1) is 16.5. The van der Waals surface area contributed by atoms with Crippen LogP contribution in [0.3, 0.4) is 0 Å². The number of hydrogen-bond donors (Lipinski definition) is 3. The summed E-state index contributed by atoms with van der Waals surface area (Å²) in [6, 6.07) is 16.7.